The van der Waals surface area contributed by atoms with Gasteiger partial charge in [-0.2, -0.15) is 0 Å². The maximum absolute atomic E-state index is 13.7. The Labute approximate surface area is 207 Å². The number of sulfone groups is 1. The third-order valence-corrected chi connectivity index (χ3v) is 9.08. The van der Waals surface area contributed by atoms with Gasteiger partial charge < -0.3 is 14.8 Å². The number of sulfonamides is 1. The van der Waals surface area contributed by atoms with Gasteiger partial charge in [-0.15, -0.1) is 0 Å². The second kappa shape index (κ2) is 8.54. The second-order valence-corrected chi connectivity index (χ2v) is 11.5. The van der Waals surface area contributed by atoms with Crippen molar-refractivity contribution in [3.8, 4) is 11.5 Å². The van der Waals surface area contributed by atoms with Crippen molar-refractivity contribution < 1.29 is 31.1 Å². The summed E-state index contributed by atoms with van der Waals surface area (Å²) in [6, 6.07) is 17.6. The highest BCUT2D eigenvalue weighted by Gasteiger charge is 2.34. The van der Waals surface area contributed by atoms with Crippen LogP contribution < -0.4 is 19.5 Å². The van der Waals surface area contributed by atoms with Crippen molar-refractivity contribution in [2.75, 3.05) is 24.3 Å². The smallest absolute Gasteiger partial charge is 0.262 e. The lowest BCUT2D eigenvalue weighted by molar-refractivity contribution is 0.103. The first-order chi connectivity index (χ1) is 17.2. The van der Waals surface area contributed by atoms with Crippen molar-refractivity contribution in [3.63, 3.8) is 0 Å². The molecule has 9 nitrogen and oxygen atoms in total. The number of methoxy groups -OCH3 is 2. The molecule has 4 aromatic rings. The summed E-state index contributed by atoms with van der Waals surface area (Å²) in [4.78, 5) is 12.0. The monoisotopic (exact) mass is 524 g/mol. The maximum Gasteiger partial charge on any atom is 0.262 e. The topological polar surface area (TPSA) is 128 Å². The molecule has 4 aromatic carbocycles. The van der Waals surface area contributed by atoms with Crippen LogP contribution in [0.2, 0.25) is 0 Å². The zero-order valence-electron chi connectivity index (χ0n) is 19.1. The molecule has 11 heteroatoms. The van der Waals surface area contributed by atoms with E-state index in [0.717, 1.165) is 6.07 Å². The first-order valence-electron chi connectivity index (χ1n) is 10.6. The fraction of sp³-hybridized carbons (Fsp3) is 0.0800. The van der Waals surface area contributed by atoms with Crippen LogP contribution in [-0.2, 0) is 19.9 Å². The molecule has 0 saturated carbocycles. The highest BCUT2D eigenvalue weighted by molar-refractivity contribution is 7.93. The van der Waals surface area contributed by atoms with E-state index in [1.807, 2.05) is 0 Å². The van der Waals surface area contributed by atoms with Crippen molar-refractivity contribution in [1.29, 1.82) is 0 Å². The van der Waals surface area contributed by atoms with Gasteiger partial charge in [-0.25, -0.2) is 16.8 Å². The maximum atomic E-state index is 13.7. The van der Waals surface area contributed by atoms with Crippen LogP contribution in [0.3, 0.4) is 0 Å². The van der Waals surface area contributed by atoms with Crippen molar-refractivity contribution in [2.24, 2.45) is 0 Å². The molecule has 2 N–H and O–H groups in total. The van der Waals surface area contributed by atoms with Gasteiger partial charge in [-0.1, -0.05) is 12.1 Å². The van der Waals surface area contributed by atoms with Crippen LogP contribution in [0.15, 0.2) is 87.5 Å². The molecule has 1 heterocycles. The normalized spacial score (nSPS) is 12.9. The highest BCUT2D eigenvalue weighted by Crippen LogP contribution is 2.43. The molecule has 36 heavy (non-hydrogen) atoms. The molecule has 0 spiro atoms. The lowest BCUT2D eigenvalue weighted by atomic mass is 10.1. The van der Waals surface area contributed by atoms with Gasteiger partial charge in [0.15, 0.2) is 0 Å². The molecule has 0 aliphatic carbocycles. The average Bonchev–Trinajstić information content (AvgIpc) is 3.21. The highest BCUT2D eigenvalue weighted by atomic mass is 32.2. The van der Waals surface area contributed by atoms with E-state index in [4.69, 9.17) is 9.47 Å². The van der Waals surface area contributed by atoms with Crippen LogP contribution in [0.5, 0.6) is 11.5 Å². The van der Waals surface area contributed by atoms with Crippen LogP contribution in [0.1, 0.15) is 10.4 Å². The van der Waals surface area contributed by atoms with E-state index in [1.165, 1.54) is 62.8 Å². The van der Waals surface area contributed by atoms with Crippen LogP contribution in [0, 0.1) is 0 Å². The minimum Gasteiger partial charge on any atom is -0.497 e. The summed E-state index contributed by atoms with van der Waals surface area (Å²) in [6.07, 6.45) is 0. The largest absolute Gasteiger partial charge is 0.497 e. The fourth-order valence-electron chi connectivity index (χ4n) is 4.10. The predicted octanol–water partition coefficient (Wildman–Crippen LogP) is 4.06. The van der Waals surface area contributed by atoms with Gasteiger partial charge in [-0.05, 0) is 60.7 Å². The second-order valence-electron chi connectivity index (χ2n) is 7.94. The zero-order valence-corrected chi connectivity index (χ0v) is 20.7. The molecule has 0 unspecified atom stereocenters. The SMILES string of the molecule is COc1ccc(NS(=O)(=O)c2cc(S(=O)(=O)c3ccc(OC)cc3)c3c4c(cccc24)C(=O)N3)cc1. The van der Waals surface area contributed by atoms with E-state index < -0.39 is 25.8 Å². The summed E-state index contributed by atoms with van der Waals surface area (Å²) in [6.45, 7) is 0. The Kier molecular flexibility index (Phi) is 5.61. The summed E-state index contributed by atoms with van der Waals surface area (Å²) >= 11 is 0. The third-order valence-electron chi connectivity index (χ3n) is 5.86. The van der Waals surface area contributed by atoms with Crippen molar-refractivity contribution in [3.05, 3.63) is 78.4 Å². The van der Waals surface area contributed by atoms with E-state index in [-0.39, 0.29) is 42.4 Å². The Balaban J connectivity index is 1.73. The summed E-state index contributed by atoms with van der Waals surface area (Å²) < 4.78 is 67.1. The van der Waals surface area contributed by atoms with Gasteiger partial charge in [0, 0.05) is 22.0 Å². The molecule has 1 amide bonds. The number of nitrogens with one attached hydrogen (secondary N) is 2. The Morgan fingerprint density at radius 1 is 0.778 bits per heavy atom. The van der Waals surface area contributed by atoms with E-state index in [0.29, 0.717) is 11.5 Å². The quantitative estimate of drug-likeness (QED) is 0.373. The Hall–Kier alpha value is -4.09. The molecule has 0 fully saturated rings. The molecular formula is C25H20N2O7S2. The molecule has 0 radical (unpaired) electrons. The number of ether oxygens (including phenoxy) is 2. The van der Waals surface area contributed by atoms with Gasteiger partial charge in [-0.3, -0.25) is 9.52 Å². The van der Waals surface area contributed by atoms with Crippen molar-refractivity contribution in [1.82, 2.24) is 0 Å². The Morgan fingerprint density at radius 2 is 1.39 bits per heavy atom. The molecular weight excluding hydrogens is 504 g/mol. The first kappa shape index (κ1) is 23.6. The number of hydrogen-bond acceptors (Lipinski definition) is 7. The van der Waals surface area contributed by atoms with Gasteiger partial charge in [0.1, 0.15) is 11.5 Å². The number of anilines is 2. The minimum absolute atomic E-state index is 0.0461. The molecule has 0 aromatic heterocycles. The fourth-order valence-corrected chi connectivity index (χ4v) is 6.91. The number of hydrogen-bond donors (Lipinski definition) is 2. The molecule has 0 bridgehead atoms. The number of carbonyl (C=O) groups is 1. The molecule has 184 valence electrons. The molecule has 1 aliphatic rings. The number of benzene rings is 4. The predicted molar refractivity (Wildman–Crippen MR) is 134 cm³/mol. The van der Waals surface area contributed by atoms with Crippen LogP contribution >= 0.6 is 0 Å². The average molecular weight is 525 g/mol. The van der Waals surface area contributed by atoms with Gasteiger partial charge in [0.05, 0.1) is 34.6 Å². The summed E-state index contributed by atoms with van der Waals surface area (Å²) in [5.41, 5.74) is 0.493. The van der Waals surface area contributed by atoms with E-state index in [2.05, 4.69) is 10.0 Å². The van der Waals surface area contributed by atoms with Crippen LogP contribution in [0.4, 0.5) is 11.4 Å². The van der Waals surface area contributed by atoms with Crippen LogP contribution in [0.25, 0.3) is 10.8 Å². The van der Waals surface area contributed by atoms with Gasteiger partial charge in [0.25, 0.3) is 15.9 Å². The van der Waals surface area contributed by atoms with E-state index in [1.54, 1.807) is 18.2 Å². The molecule has 0 saturated heterocycles. The zero-order chi connectivity index (χ0) is 25.7. The Bertz CT molecular complexity index is 1730. The number of rotatable bonds is 7. The van der Waals surface area contributed by atoms with Gasteiger partial charge in [0.2, 0.25) is 9.84 Å². The lowest BCUT2D eigenvalue weighted by Crippen LogP contribution is -2.15. The van der Waals surface area contributed by atoms with E-state index >= 15 is 0 Å². The third kappa shape index (κ3) is 3.82. The van der Waals surface area contributed by atoms with Crippen molar-refractivity contribution >= 4 is 47.9 Å². The number of carbonyl (C=O) groups excluding carboxylic acids is 1. The standard InChI is InChI=1S/C25H20N2O7S2/c1-33-16-8-6-15(7-9-16)27-36(31,32)21-14-22(35(29,30)18-12-10-17(34-2)11-13-18)24-23-19(21)4-3-5-20(23)25(28)26-24/h3-14,27H,1-2H3,(H,26,28). The lowest BCUT2D eigenvalue weighted by Gasteiger charge is -2.15. The molecule has 0 atom stereocenters. The summed E-state index contributed by atoms with van der Waals surface area (Å²) in [5.74, 6) is 0.486. The minimum atomic E-state index is -4.27. The Morgan fingerprint density at radius 3 is 2.00 bits per heavy atom. The van der Waals surface area contributed by atoms with E-state index in [9.17, 15) is 21.6 Å². The molecule has 5 rings (SSSR count). The summed E-state index contributed by atoms with van der Waals surface area (Å²) in [5, 5.41) is 3.05. The molecule has 1 aliphatic heterocycles. The first-order valence-corrected chi connectivity index (χ1v) is 13.6. The summed E-state index contributed by atoms with van der Waals surface area (Å²) in [7, 11) is -5.56. The number of amides is 1. The van der Waals surface area contributed by atoms with Crippen molar-refractivity contribution in [2.45, 2.75) is 14.7 Å². The van der Waals surface area contributed by atoms with Crippen LogP contribution in [-0.4, -0.2) is 37.0 Å². The van der Waals surface area contributed by atoms with Gasteiger partial charge >= 0.3 is 0 Å².